The van der Waals surface area contributed by atoms with E-state index in [2.05, 4.69) is 0 Å². The van der Waals surface area contributed by atoms with E-state index in [9.17, 15) is 4.79 Å². The van der Waals surface area contributed by atoms with Gasteiger partial charge in [0, 0.05) is 5.57 Å². The molecule has 0 saturated carbocycles. The summed E-state index contributed by atoms with van der Waals surface area (Å²) >= 11 is 0. The van der Waals surface area contributed by atoms with Gasteiger partial charge in [0.1, 0.15) is 0 Å². The molecule has 64 valence electrons. The van der Waals surface area contributed by atoms with Crippen molar-refractivity contribution in [2.45, 2.75) is 19.4 Å². The maximum Gasteiger partial charge on any atom is 0.330 e. The Morgan fingerprint density at radius 1 is 1.64 bits per heavy atom. The lowest BCUT2D eigenvalue weighted by atomic mass is 10.2. The van der Waals surface area contributed by atoms with Crippen LogP contribution in [-0.4, -0.2) is 34.0 Å². The van der Waals surface area contributed by atoms with Gasteiger partial charge in [0.05, 0.1) is 12.7 Å². The number of aliphatic hydroxyl groups is 2. The molecule has 0 bridgehead atoms. The number of rotatable bonds is 4. The van der Waals surface area contributed by atoms with Crippen molar-refractivity contribution in [3.63, 3.8) is 0 Å². The standard InChI is InChI=1S/C7H12O4/c1-5(7(10)11)2-3-6(9)4-8/h2,6,8-9H,3-4H2,1H3,(H,10,11). The normalized spacial score (nSPS) is 14.6. The topological polar surface area (TPSA) is 77.8 Å². The molecule has 1 unspecified atom stereocenters. The second kappa shape index (κ2) is 4.87. The maximum atomic E-state index is 10.2. The van der Waals surface area contributed by atoms with Crippen molar-refractivity contribution in [1.82, 2.24) is 0 Å². The van der Waals surface area contributed by atoms with Gasteiger partial charge >= 0.3 is 5.97 Å². The van der Waals surface area contributed by atoms with Crippen LogP contribution in [0, 0.1) is 0 Å². The summed E-state index contributed by atoms with van der Waals surface area (Å²) in [5.74, 6) is -1.00. The SMILES string of the molecule is CC(=CCC(O)CO)C(=O)O. The third-order valence-corrected chi connectivity index (χ3v) is 1.24. The van der Waals surface area contributed by atoms with Crippen LogP contribution in [0.4, 0.5) is 0 Å². The molecule has 0 fully saturated rings. The molecule has 4 nitrogen and oxygen atoms in total. The summed E-state index contributed by atoms with van der Waals surface area (Å²) < 4.78 is 0. The van der Waals surface area contributed by atoms with Crippen LogP contribution in [0.25, 0.3) is 0 Å². The lowest BCUT2D eigenvalue weighted by Gasteiger charge is -2.01. The zero-order chi connectivity index (χ0) is 8.85. The van der Waals surface area contributed by atoms with E-state index in [0.29, 0.717) is 0 Å². The molecule has 11 heavy (non-hydrogen) atoms. The van der Waals surface area contributed by atoms with Crippen molar-refractivity contribution < 1.29 is 20.1 Å². The Morgan fingerprint density at radius 2 is 2.18 bits per heavy atom. The Labute approximate surface area is 64.8 Å². The molecule has 0 saturated heterocycles. The molecule has 0 aliphatic carbocycles. The fourth-order valence-electron chi connectivity index (χ4n) is 0.475. The largest absolute Gasteiger partial charge is 0.478 e. The minimum atomic E-state index is -1.00. The van der Waals surface area contributed by atoms with Crippen molar-refractivity contribution in [2.75, 3.05) is 6.61 Å². The average Bonchev–Trinajstić information content (AvgIpc) is 1.99. The zero-order valence-electron chi connectivity index (χ0n) is 6.32. The maximum absolute atomic E-state index is 10.2. The van der Waals surface area contributed by atoms with Crippen LogP contribution in [0.5, 0.6) is 0 Å². The molecule has 0 aromatic rings. The van der Waals surface area contributed by atoms with Crippen molar-refractivity contribution in [3.05, 3.63) is 11.6 Å². The number of carboxylic acids is 1. The number of hydrogen-bond donors (Lipinski definition) is 3. The second-order valence-corrected chi connectivity index (χ2v) is 2.26. The van der Waals surface area contributed by atoms with E-state index in [-0.39, 0.29) is 18.6 Å². The van der Waals surface area contributed by atoms with E-state index < -0.39 is 12.1 Å². The molecule has 3 N–H and O–H groups in total. The average molecular weight is 160 g/mol. The predicted molar refractivity (Wildman–Crippen MR) is 39.1 cm³/mol. The molecular weight excluding hydrogens is 148 g/mol. The third-order valence-electron chi connectivity index (χ3n) is 1.24. The molecule has 1 atom stereocenters. The van der Waals surface area contributed by atoms with Gasteiger partial charge in [0.15, 0.2) is 0 Å². The Hall–Kier alpha value is -0.870. The summed E-state index contributed by atoms with van der Waals surface area (Å²) in [5, 5.41) is 25.5. The smallest absolute Gasteiger partial charge is 0.330 e. The fraction of sp³-hybridized carbons (Fsp3) is 0.571. The highest BCUT2D eigenvalue weighted by molar-refractivity contribution is 5.85. The van der Waals surface area contributed by atoms with Crippen LogP contribution < -0.4 is 0 Å². The molecular formula is C7H12O4. The number of aliphatic carboxylic acids is 1. The lowest BCUT2D eigenvalue weighted by Crippen LogP contribution is -2.10. The number of hydrogen-bond acceptors (Lipinski definition) is 3. The van der Waals surface area contributed by atoms with E-state index in [4.69, 9.17) is 15.3 Å². The van der Waals surface area contributed by atoms with Crippen molar-refractivity contribution in [1.29, 1.82) is 0 Å². The van der Waals surface area contributed by atoms with Crippen LogP contribution in [0.15, 0.2) is 11.6 Å². The highest BCUT2D eigenvalue weighted by atomic mass is 16.4. The molecule has 0 aliphatic rings. The van der Waals surface area contributed by atoms with E-state index >= 15 is 0 Å². The summed E-state index contributed by atoms with van der Waals surface area (Å²) in [6.07, 6.45) is 0.696. The molecule has 4 heteroatoms. The van der Waals surface area contributed by atoms with E-state index in [1.165, 1.54) is 13.0 Å². The highest BCUT2D eigenvalue weighted by Crippen LogP contribution is 1.98. The van der Waals surface area contributed by atoms with Crippen LogP contribution in [0.1, 0.15) is 13.3 Å². The van der Waals surface area contributed by atoms with Gasteiger partial charge in [-0.2, -0.15) is 0 Å². The Kier molecular flexibility index (Phi) is 4.49. The molecule has 0 spiro atoms. The number of carbonyl (C=O) groups is 1. The molecule has 0 heterocycles. The minimum absolute atomic E-state index is 0.175. The summed E-state index contributed by atoms with van der Waals surface area (Å²) in [7, 11) is 0. The van der Waals surface area contributed by atoms with Crippen LogP contribution in [0.2, 0.25) is 0 Å². The zero-order valence-corrected chi connectivity index (χ0v) is 6.32. The number of carboxylic acid groups (broad SMARTS) is 1. The van der Waals surface area contributed by atoms with Crippen molar-refractivity contribution >= 4 is 5.97 Å². The first-order valence-electron chi connectivity index (χ1n) is 3.27. The monoisotopic (exact) mass is 160 g/mol. The van der Waals surface area contributed by atoms with Crippen molar-refractivity contribution in [2.24, 2.45) is 0 Å². The Balaban J connectivity index is 3.82. The second-order valence-electron chi connectivity index (χ2n) is 2.26. The minimum Gasteiger partial charge on any atom is -0.478 e. The van der Waals surface area contributed by atoms with Gasteiger partial charge in [-0.05, 0) is 13.3 Å². The summed E-state index contributed by atoms with van der Waals surface area (Å²) in [5.41, 5.74) is 0.178. The number of aliphatic hydroxyl groups excluding tert-OH is 2. The molecule has 0 rings (SSSR count). The molecule has 0 amide bonds. The molecule has 0 aliphatic heterocycles. The van der Waals surface area contributed by atoms with Gasteiger partial charge in [-0.25, -0.2) is 4.79 Å². The third kappa shape index (κ3) is 4.52. The fourth-order valence-corrected chi connectivity index (χ4v) is 0.475. The lowest BCUT2D eigenvalue weighted by molar-refractivity contribution is -0.132. The van der Waals surface area contributed by atoms with Gasteiger partial charge in [-0.15, -0.1) is 0 Å². The quantitative estimate of drug-likeness (QED) is 0.496. The van der Waals surface area contributed by atoms with Gasteiger partial charge in [-0.3, -0.25) is 0 Å². The van der Waals surface area contributed by atoms with Crippen molar-refractivity contribution in [3.8, 4) is 0 Å². The van der Waals surface area contributed by atoms with Crippen LogP contribution in [-0.2, 0) is 4.79 Å². The first kappa shape index (κ1) is 10.1. The van der Waals surface area contributed by atoms with E-state index in [1.807, 2.05) is 0 Å². The van der Waals surface area contributed by atoms with Gasteiger partial charge < -0.3 is 15.3 Å². The Bertz CT molecular complexity index is 162. The molecule has 0 aromatic heterocycles. The first-order valence-corrected chi connectivity index (χ1v) is 3.27. The summed E-state index contributed by atoms with van der Waals surface area (Å²) in [6, 6.07) is 0. The molecule has 0 aromatic carbocycles. The highest BCUT2D eigenvalue weighted by Gasteiger charge is 2.02. The van der Waals surface area contributed by atoms with E-state index in [0.717, 1.165) is 0 Å². The Morgan fingerprint density at radius 3 is 2.55 bits per heavy atom. The van der Waals surface area contributed by atoms with Gasteiger partial charge in [-0.1, -0.05) is 6.08 Å². The predicted octanol–water partition coefficient (Wildman–Crippen LogP) is -0.239. The van der Waals surface area contributed by atoms with Crippen LogP contribution >= 0.6 is 0 Å². The molecule has 0 radical (unpaired) electrons. The van der Waals surface area contributed by atoms with Crippen LogP contribution in [0.3, 0.4) is 0 Å². The van der Waals surface area contributed by atoms with Gasteiger partial charge in [0.25, 0.3) is 0 Å². The summed E-state index contributed by atoms with van der Waals surface area (Å²) in [4.78, 5) is 10.2. The van der Waals surface area contributed by atoms with E-state index in [1.54, 1.807) is 0 Å². The first-order chi connectivity index (χ1) is 5.07. The summed E-state index contributed by atoms with van der Waals surface area (Å²) in [6.45, 7) is 1.09. The van der Waals surface area contributed by atoms with Gasteiger partial charge in [0.2, 0.25) is 0 Å².